The average molecular weight is 296 g/mol. The molecule has 0 radical (unpaired) electrons. The predicted octanol–water partition coefficient (Wildman–Crippen LogP) is 0.921. The largest absolute Gasteiger partial charge is 0.477 e. The van der Waals surface area contributed by atoms with Gasteiger partial charge in [0.1, 0.15) is 10.6 Å². The maximum absolute atomic E-state index is 12.2. The van der Waals surface area contributed by atoms with Crippen molar-refractivity contribution in [1.29, 1.82) is 0 Å². The number of aromatic amines is 1. The first-order valence-electron chi connectivity index (χ1n) is 5.55. The van der Waals surface area contributed by atoms with Crippen molar-refractivity contribution in [2.24, 2.45) is 0 Å². The van der Waals surface area contributed by atoms with Gasteiger partial charge in [-0.05, 0) is 26.0 Å². The molecule has 0 fully saturated rings. The third kappa shape index (κ3) is 2.62. The van der Waals surface area contributed by atoms with Crippen LogP contribution >= 0.6 is 0 Å². The smallest absolute Gasteiger partial charge is 0.354 e. The second-order valence-electron chi connectivity index (χ2n) is 4.11. The summed E-state index contributed by atoms with van der Waals surface area (Å²) in [6.07, 6.45) is 1.14. The molecular formula is C11H12N4O4S. The highest BCUT2D eigenvalue weighted by Gasteiger charge is 2.22. The summed E-state index contributed by atoms with van der Waals surface area (Å²) < 4.78 is 26.7. The van der Waals surface area contributed by atoms with Gasteiger partial charge in [-0.3, -0.25) is 9.82 Å². The van der Waals surface area contributed by atoms with Gasteiger partial charge in [0.05, 0.1) is 23.3 Å². The van der Waals surface area contributed by atoms with Gasteiger partial charge in [0.15, 0.2) is 0 Å². The van der Waals surface area contributed by atoms with Crippen LogP contribution in [0.4, 0.5) is 5.69 Å². The average Bonchev–Trinajstić information content (AvgIpc) is 2.69. The summed E-state index contributed by atoms with van der Waals surface area (Å²) in [6.45, 7) is 3.17. The molecule has 0 saturated carbocycles. The Bertz CT molecular complexity index is 730. The van der Waals surface area contributed by atoms with Gasteiger partial charge in [-0.15, -0.1) is 0 Å². The zero-order valence-electron chi connectivity index (χ0n) is 10.7. The number of nitrogens with one attached hydrogen (secondary N) is 2. The first-order chi connectivity index (χ1) is 9.31. The number of rotatable bonds is 4. The van der Waals surface area contributed by atoms with Crippen LogP contribution in [0.15, 0.2) is 23.2 Å². The second-order valence-corrected chi connectivity index (χ2v) is 5.73. The molecule has 0 saturated heterocycles. The molecule has 0 aliphatic carbocycles. The highest BCUT2D eigenvalue weighted by atomic mass is 32.2. The van der Waals surface area contributed by atoms with Crippen LogP contribution < -0.4 is 4.72 Å². The Morgan fingerprint density at radius 3 is 2.50 bits per heavy atom. The van der Waals surface area contributed by atoms with E-state index < -0.39 is 16.0 Å². The minimum Gasteiger partial charge on any atom is -0.477 e. The molecule has 0 spiro atoms. The third-order valence-electron chi connectivity index (χ3n) is 2.56. The lowest BCUT2D eigenvalue weighted by Gasteiger charge is -2.07. The van der Waals surface area contributed by atoms with Gasteiger partial charge in [-0.1, -0.05) is 0 Å². The maximum Gasteiger partial charge on any atom is 0.354 e. The highest BCUT2D eigenvalue weighted by Crippen LogP contribution is 2.20. The molecule has 9 heteroatoms. The molecule has 0 amide bonds. The molecule has 0 atom stereocenters. The van der Waals surface area contributed by atoms with Crippen LogP contribution in [0, 0.1) is 13.8 Å². The molecule has 106 valence electrons. The van der Waals surface area contributed by atoms with Crippen LogP contribution in [0.25, 0.3) is 0 Å². The van der Waals surface area contributed by atoms with Gasteiger partial charge >= 0.3 is 5.97 Å². The monoisotopic (exact) mass is 296 g/mol. The van der Waals surface area contributed by atoms with E-state index in [1.807, 2.05) is 0 Å². The van der Waals surface area contributed by atoms with Crippen molar-refractivity contribution < 1.29 is 18.3 Å². The quantitative estimate of drug-likeness (QED) is 0.770. The normalized spacial score (nSPS) is 11.3. The Hall–Kier alpha value is -2.42. The Kier molecular flexibility index (Phi) is 3.45. The Morgan fingerprint density at radius 2 is 2.05 bits per heavy atom. The number of anilines is 1. The fourth-order valence-corrected chi connectivity index (χ4v) is 3.14. The number of nitrogens with zero attached hydrogens (tertiary/aromatic N) is 2. The van der Waals surface area contributed by atoms with Crippen molar-refractivity contribution in [3.8, 4) is 0 Å². The van der Waals surface area contributed by atoms with Crippen molar-refractivity contribution in [2.45, 2.75) is 18.7 Å². The molecule has 3 N–H and O–H groups in total. The zero-order chi connectivity index (χ0) is 14.9. The fourth-order valence-electron chi connectivity index (χ4n) is 1.72. The lowest BCUT2D eigenvalue weighted by Crippen LogP contribution is -2.15. The van der Waals surface area contributed by atoms with E-state index in [4.69, 9.17) is 5.11 Å². The molecular weight excluding hydrogens is 284 g/mol. The number of carbonyl (C=O) groups is 1. The summed E-state index contributed by atoms with van der Waals surface area (Å²) in [5, 5.41) is 15.1. The Morgan fingerprint density at radius 1 is 1.35 bits per heavy atom. The summed E-state index contributed by atoms with van der Waals surface area (Å²) in [5.41, 5.74) is 0.786. The number of carboxylic acid groups (broad SMARTS) is 1. The number of hydrogen-bond acceptors (Lipinski definition) is 5. The molecule has 2 heterocycles. The van der Waals surface area contributed by atoms with Crippen molar-refractivity contribution in [2.75, 3.05) is 4.72 Å². The minimum atomic E-state index is -3.80. The first kappa shape index (κ1) is 14.0. The Labute approximate surface area is 114 Å². The molecule has 8 nitrogen and oxygen atoms in total. The lowest BCUT2D eigenvalue weighted by atomic mass is 10.3. The number of carboxylic acids is 1. The maximum atomic E-state index is 12.2. The van der Waals surface area contributed by atoms with Crippen LogP contribution in [0.5, 0.6) is 0 Å². The fraction of sp³-hybridized carbons (Fsp3) is 0.182. The number of aromatic nitrogens is 3. The second kappa shape index (κ2) is 4.93. The predicted molar refractivity (Wildman–Crippen MR) is 70.1 cm³/mol. The number of pyridine rings is 1. The summed E-state index contributed by atoms with van der Waals surface area (Å²) >= 11 is 0. The zero-order valence-corrected chi connectivity index (χ0v) is 11.5. The molecule has 2 aromatic rings. The summed E-state index contributed by atoms with van der Waals surface area (Å²) in [7, 11) is -3.80. The lowest BCUT2D eigenvalue weighted by molar-refractivity contribution is 0.0690. The van der Waals surface area contributed by atoms with E-state index in [9.17, 15) is 13.2 Å². The first-order valence-corrected chi connectivity index (χ1v) is 7.03. The Balaban J connectivity index is 2.31. The number of aromatic carboxylic acids is 1. The van der Waals surface area contributed by atoms with E-state index >= 15 is 0 Å². The molecule has 0 unspecified atom stereocenters. The van der Waals surface area contributed by atoms with Crippen molar-refractivity contribution in [1.82, 2.24) is 15.2 Å². The van der Waals surface area contributed by atoms with E-state index in [0.717, 1.165) is 6.20 Å². The number of hydrogen-bond donors (Lipinski definition) is 3. The van der Waals surface area contributed by atoms with Crippen LogP contribution in [0.1, 0.15) is 21.9 Å². The van der Waals surface area contributed by atoms with Crippen molar-refractivity contribution in [3.05, 3.63) is 35.4 Å². The topological polar surface area (TPSA) is 125 Å². The van der Waals surface area contributed by atoms with Gasteiger partial charge in [0.2, 0.25) is 0 Å². The van der Waals surface area contributed by atoms with Crippen LogP contribution in [0.2, 0.25) is 0 Å². The van der Waals surface area contributed by atoms with Crippen molar-refractivity contribution >= 4 is 21.7 Å². The minimum absolute atomic E-state index is 0.0693. The van der Waals surface area contributed by atoms with Gasteiger partial charge < -0.3 is 5.11 Å². The number of sulfonamides is 1. The summed E-state index contributed by atoms with van der Waals surface area (Å²) in [5.74, 6) is -1.18. The van der Waals surface area contributed by atoms with Crippen LogP contribution in [-0.2, 0) is 10.0 Å². The third-order valence-corrected chi connectivity index (χ3v) is 4.21. The molecule has 0 aliphatic rings. The van der Waals surface area contributed by atoms with E-state index in [0.29, 0.717) is 11.4 Å². The number of aryl methyl sites for hydroxylation is 2. The van der Waals surface area contributed by atoms with E-state index in [-0.39, 0.29) is 16.3 Å². The van der Waals surface area contributed by atoms with Gasteiger partial charge in [0, 0.05) is 0 Å². The standard InChI is InChI=1S/C11H12N4O4S/c1-6-10(7(2)14-13-6)20(18,19)15-8-3-4-9(11(16)17)12-5-8/h3-5,15H,1-2H3,(H,13,14)(H,16,17). The van der Waals surface area contributed by atoms with Gasteiger partial charge in [-0.25, -0.2) is 18.2 Å². The summed E-state index contributed by atoms with van der Waals surface area (Å²) in [4.78, 5) is 14.4. The highest BCUT2D eigenvalue weighted by molar-refractivity contribution is 7.92. The molecule has 2 aromatic heterocycles. The van der Waals surface area contributed by atoms with Crippen molar-refractivity contribution in [3.63, 3.8) is 0 Å². The van der Waals surface area contributed by atoms with E-state index in [2.05, 4.69) is 19.9 Å². The van der Waals surface area contributed by atoms with E-state index in [1.54, 1.807) is 13.8 Å². The number of H-pyrrole nitrogens is 1. The van der Waals surface area contributed by atoms with Crippen LogP contribution in [0.3, 0.4) is 0 Å². The molecule has 0 bridgehead atoms. The van der Waals surface area contributed by atoms with E-state index in [1.165, 1.54) is 12.1 Å². The van der Waals surface area contributed by atoms with Gasteiger partial charge in [0.25, 0.3) is 10.0 Å². The van der Waals surface area contributed by atoms with Crippen LogP contribution in [-0.4, -0.2) is 34.7 Å². The van der Waals surface area contributed by atoms with Gasteiger partial charge in [-0.2, -0.15) is 5.10 Å². The summed E-state index contributed by atoms with van der Waals surface area (Å²) in [6, 6.07) is 2.55. The SMILES string of the molecule is Cc1n[nH]c(C)c1S(=O)(=O)Nc1ccc(C(=O)O)nc1. The molecule has 0 aromatic carbocycles. The molecule has 2 rings (SSSR count). The molecule has 20 heavy (non-hydrogen) atoms. The molecule has 0 aliphatic heterocycles.